The van der Waals surface area contributed by atoms with Gasteiger partial charge in [-0.05, 0) is 37.5 Å². The summed E-state index contributed by atoms with van der Waals surface area (Å²) in [5.74, 6) is 0.727. The molecule has 102 valence electrons. The van der Waals surface area contributed by atoms with E-state index in [1.165, 1.54) is 25.1 Å². The van der Waals surface area contributed by atoms with Gasteiger partial charge in [0.05, 0.1) is 12.5 Å². The van der Waals surface area contributed by atoms with Crippen molar-refractivity contribution in [3.8, 4) is 6.07 Å². The van der Waals surface area contributed by atoms with Gasteiger partial charge in [0.2, 0.25) is 0 Å². The van der Waals surface area contributed by atoms with Crippen LogP contribution in [0.1, 0.15) is 31.4 Å². The summed E-state index contributed by atoms with van der Waals surface area (Å²) < 4.78 is 0. The maximum Gasteiger partial charge on any atom is 0.0641 e. The number of benzene rings is 1. The lowest BCUT2D eigenvalue weighted by atomic mass is 10.0. The predicted molar refractivity (Wildman–Crippen MR) is 77.6 cm³/mol. The van der Waals surface area contributed by atoms with Gasteiger partial charge in [0.25, 0.3) is 0 Å². The molecule has 0 spiro atoms. The topological polar surface area (TPSA) is 39.1 Å². The van der Waals surface area contributed by atoms with Crippen molar-refractivity contribution in [2.45, 2.75) is 25.8 Å². The zero-order chi connectivity index (χ0) is 13.5. The molecule has 1 saturated heterocycles. The summed E-state index contributed by atoms with van der Waals surface area (Å²) >= 11 is 0. The van der Waals surface area contributed by atoms with Crippen molar-refractivity contribution < 1.29 is 0 Å². The van der Waals surface area contributed by atoms with E-state index in [2.05, 4.69) is 35.3 Å². The minimum atomic E-state index is 0.168. The number of rotatable bonds is 6. The van der Waals surface area contributed by atoms with Crippen LogP contribution >= 0.6 is 0 Å². The highest BCUT2D eigenvalue weighted by Crippen LogP contribution is 2.19. The third-order valence-corrected chi connectivity index (χ3v) is 3.97. The molecule has 1 aliphatic heterocycles. The van der Waals surface area contributed by atoms with Crippen molar-refractivity contribution in [1.82, 2.24) is 10.2 Å². The molecule has 1 heterocycles. The Labute approximate surface area is 116 Å². The Morgan fingerprint density at radius 2 is 2.21 bits per heavy atom. The first-order valence-corrected chi connectivity index (χ1v) is 7.21. The molecule has 1 aliphatic rings. The highest BCUT2D eigenvalue weighted by atomic mass is 15.1. The van der Waals surface area contributed by atoms with E-state index in [0.29, 0.717) is 6.42 Å². The molecule has 0 saturated carbocycles. The van der Waals surface area contributed by atoms with Crippen LogP contribution in [0.15, 0.2) is 30.3 Å². The number of hydrogen-bond donors (Lipinski definition) is 1. The molecule has 3 nitrogen and oxygen atoms in total. The highest BCUT2D eigenvalue weighted by Gasteiger charge is 2.22. The molecule has 1 aromatic rings. The second-order valence-corrected chi connectivity index (χ2v) is 5.28. The van der Waals surface area contributed by atoms with E-state index in [4.69, 9.17) is 5.26 Å². The molecule has 0 amide bonds. The summed E-state index contributed by atoms with van der Waals surface area (Å²) in [6.07, 6.45) is 1.81. The summed E-state index contributed by atoms with van der Waals surface area (Å²) in [7, 11) is 0. The number of likely N-dealkylation sites (tertiary alicyclic amines) is 1. The van der Waals surface area contributed by atoms with E-state index >= 15 is 0 Å². The van der Waals surface area contributed by atoms with Crippen LogP contribution in [0.3, 0.4) is 0 Å². The molecule has 2 atom stereocenters. The first kappa shape index (κ1) is 14.0. The fraction of sp³-hybridized carbons (Fsp3) is 0.562. The van der Waals surface area contributed by atoms with E-state index in [9.17, 15) is 0 Å². The van der Waals surface area contributed by atoms with Gasteiger partial charge in [0.1, 0.15) is 0 Å². The molecule has 0 aromatic heterocycles. The first-order valence-electron chi connectivity index (χ1n) is 7.21. The molecule has 19 heavy (non-hydrogen) atoms. The van der Waals surface area contributed by atoms with Crippen LogP contribution in [0, 0.1) is 17.2 Å². The van der Waals surface area contributed by atoms with Crippen molar-refractivity contribution in [2.24, 2.45) is 5.92 Å². The Hall–Kier alpha value is -1.37. The molecular formula is C16H23N3. The van der Waals surface area contributed by atoms with Gasteiger partial charge in [-0.3, -0.25) is 0 Å². The fourth-order valence-electron chi connectivity index (χ4n) is 2.76. The Morgan fingerprint density at radius 3 is 2.84 bits per heavy atom. The Bertz CT molecular complexity index is 410. The van der Waals surface area contributed by atoms with Gasteiger partial charge in [-0.2, -0.15) is 5.26 Å². The number of nitriles is 1. The zero-order valence-electron chi connectivity index (χ0n) is 11.7. The van der Waals surface area contributed by atoms with Gasteiger partial charge in [-0.1, -0.05) is 37.3 Å². The van der Waals surface area contributed by atoms with Crippen LogP contribution in [0.4, 0.5) is 0 Å². The molecule has 0 bridgehead atoms. The first-order chi connectivity index (χ1) is 9.33. The lowest BCUT2D eigenvalue weighted by molar-refractivity contribution is 0.335. The second-order valence-electron chi connectivity index (χ2n) is 5.28. The summed E-state index contributed by atoms with van der Waals surface area (Å²) in [5.41, 5.74) is 1.22. The van der Waals surface area contributed by atoms with E-state index in [1.807, 2.05) is 18.2 Å². The number of nitrogens with zero attached hydrogens (tertiary/aromatic N) is 2. The summed E-state index contributed by atoms with van der Waals surface area (Å²) in [6.45, 7) is 6.79. The molecule has 1 fully saturated rings. The number of nitrogens with one attached hydrogen (secondary N) is 1. The largest absolute Gasteiger partial charge is 0.309 e. The molecule has 2 rings (SSSR count). The standard InChI is InChI=1S/C16H23N3/c1-2-19-11-9-14(13-19)12-18-16(8-10-17)15-6-4-3-5-7-15/h3-7,14,16,18H,2,8-9,11-13H2,1H3. The van der Waals surface area contributed by atoms with Gasteiger partial charge < -0.3 is 10.2 Å². The zero-order valence-corrected chi connectivity index (χ0v) is 11.7. The molecule has 1 N–H and O–H groups in total. The maximum atomic E-state index is 8.97. The molecular weight excluding hydrogens is 234 g/mol. The number of hydrogen-bond acceptors (Lipinski definition) is 3. The van der Waals surface area contributed by atoms with E-state index in [-0.39, 0.29) is 6.04 Å². The Balaban J connectivity index is 1.86. The highest BCUT2D eigenvalue weighted by molar-refractivity contribution is 5.19. The molecule has 2 unspecified atom stereocenters. The van der Waals surface area contributed by atoms with Gasteiger partial charge >= 0.3 is 0 Å². The van der Waals surface area contributed by atoms with Crippen molar-refractivity contribution in [3.05, 3.63) is 35.9 Å². The predicted octanol–water partition coefficient (Wildman–Crippen LogP) is 2.57. The van der Waals surface area contributed by atoms with Crippen molar-refractivity contribution >= 4 is 0 Å². The lowest BCUT2D eigenvalue weighted by Crippen LogP contribution is -2.29. The van der Waals surface area contributed by atoms with Gasteiger partial charge in [-0.15, -0.1) is 0 Å². The van der Waals surface area contributed by atoms with Crippen LogP contribution in [0.25, 0.3) is 0 Å². The summed E-state index contributed by atoms with van der Waals surface area (Å²) in [4.78, 5) is 2.49. The van der Waals surface area contributed by atoms with E-state index in [1.54, 1.807) is 0 Å². The maximum absolute atomic E-state index is 8.97. The third kappa shape index (κ3) is 4.05. The normalized spacial score (nSPS) is 21.2. The van der Waals surface area contributed by atoms with Gasteiger partial charge in [0, 0.05) is 12.6 Å². The fourth-order valence-corrected chi connectivity index (χ4v) is 2.76. The van der Waals surface area contributed by atoms with E-state index in [0.717, 1.165) is 19.0 Å². The third-order valence-electron chi connectivity index (χ3n) is 3.97. The van der Waals surface area contributed by atoms with E-state index < -0.39 is 0 Å². The Morgan fingerprint density at radius 1 is 1.42 bits per heavy atom. The molecule has 1 aromatic carbocycles. The molecule has 0 aliphatic carbocycles. The Kier molecular flexibility index (Phi) is 5.38. The monoisotopic (exact) mass is 257 g/mol. The molecule has 0 radical (unpaired) electrons. The smallest absolute Gasteiger partial charge is 0.0641 e. The quantitative estimate of drug-likeness (QED) is 0.851. The average Bonchev–Trinajstić information content (AvgIpc) is 2.92. The lowest BCUT2D eigenvalue weighted by Gasteiger charge is -2.19. The van der Waals surface area contributed by atoms with Crippen LogP contribution in [0.2, 0.25) is 0 Å². The minimum Gasteiger partial charge on any atom is -0.309 e. The van der Waals surface area contributed by atoms with Crippen LogP contribution in [-0.2, 0) is 0 Å². The van der Waals surface area contributed by atoms with Crippen molar-refractivity contribution in [3.63, 3.8) is 0 Å². The second kappa shape index (κ2) is 7.28. The average molecular weight is 257 g/mol. The van der Waals surface area contributed by atoms with Crippen LogP contribution in [0.5, 0.6) is 0 Å². The molecule has 3 heteroatoms. The SMILES string of the molecule is CCN1CCC(CNC(CC#N)c2ccccc2)C1. The van der Waals surface area contributed by atoms with Gasteiger partial charge in [-0.25, -0.2) is 0 Å². The minimum absolute atomic E-state index is 0.168. The van der Waals surface area contributed by atoms with Gasteiger partial charge in [0.15, 0.2) is 0 Å². The van der Waals surface area contributed by atoms with Crippen molar-refractivity contribution in [1.29, 1.82) is 5.26 Å². The van der Waals surface area contributed by atoms with Crippen molar-refractivity contribution in [2.75, 3.05) is 26.2 Å². The summed E-state index contributed by atoms with van der Waals surface area (Å²) in [6, 6.07) is 12.7. The van der Waals surface area contributed by atoms with Crippen LogP contribution in [-0.4, -0.2) is 31.1 Å². The van der Waals surface area contributed by atoms with Crippen LogP contribution < -0.4 is 5.32 Å². The summed E-state index contributed by atoms with van der Waals surface area (Å²) in [5, 5.41) is 12.5.